The van der Waals surface area contributed by atoms with Crippen LogP contribution in [0.25, 0.3) is 10.9 Å². The van der Waals surface area contributed by atoms with E-state index in [0.717, 1.165) is 18.5 Å². The maximum Gasteiger partial charge on any atom is 0.256 e. The highest BCUT2D eigenvalue weighted by Gasteiger charge is 2.26. The number of nitrogens with zero attached hydrogens (tertiary/aromatic N) is 3. The van der Waals surface area contributed by atoms with Gasteiger partial charge in [0.2, 0.25) is 0 Å². The summed E-state index contributed by atoms with van der Waals surface area (Å²) in [6.07, 6.45) is 1.68. The Morgan fingerprint density at radius 2 is 1.96 bits per heavy atom. The van der Waals surface area contributed by atoms with Gasteiger partial charge in [0.1, 0.15) is 0 Å². The molecule has 1 aromatic carbocycles. The third-order valence-corrected chi connectivity index (χ3v) is 4.55. The zero-order valence-corrected chi connectivity index (χ0v) is 14.8. The Kier molecular flexibility index (Phi) is 4.76. The van der Waals surface area contributed by atoms with Crippen LogP contribution in [0.5, 0.6) is 0 Å². The van der Waals surface area contributed by atoms with E-state index in [4.69, 9.17) is 11.6 Å². The summed E-state index contributed by atoms with van der Waals surface area (Å²) in [6.45, 7) is 7.02. The van der Waals surface area contributed by atoms with E-state index in [0.29, 0.717) is 35.7 Å². The van der Waals surface area contributed by atoms with Crippen molar-refractivity contribution in [2.45, 2.75) is 19.4 Å². The van der Waals surface area contributed by atoms with Gasteiger partial charge in [-0.25, -0.2) is 0 Å². The van der Waals surface area contributed by atoms with Crippen molar-refractivity contribution in [1.29, 1.82) is 0 Å². The fourth-order valence-electron chi connectivity index (χ4n) is 3.14. The topological polar surface area (TPSA) is 56.7 Å². The van der Waals surface area contributed by atoms with Gasteiger partial charge in [-0.2, -0.15) is 0 Å². The number of piperazine rings is 1. The molecule has 1 saturated heterocycles. The normalized spacial score (nSPS) is 16.6. The fraction of sp³-hybridized carbons (Fsp3) is 0.444. The molecule has 0 saturated carbocycles. The number of aliphatic hydroxyl groups is 1. The largest absolute Gasteiger partial charge is 0.389 e. The number of benzene rings is 1. The van der Waals surface area contributed by atoms with Gasteiger partial charge in [0, 0.05) is 44.3 Å². The summed E-state index contributed by atoms with van der Waals surface area (Å²) in [5.41, 5.74) is 0.516. The SMILES string of the molecule is CC(C)(O)CN1CCN(C(=O)c2ccc(Cl)c3cccnc23)CC1. The molecule has 1 aromatic heterocycles. The lowest BCUT2D eigenvalue weighted by Crippen LogP contribution is -2.52. The Bertz CT molecular complexity index is 750. The van der Waals surface area contributed by atoms with Gasteiger partial charge in [-0.15, -0.1) is 0 Å². The molecule has 24 heavy (non-hydrogen) atoms. The molecule has 0 bridgehead atoms. The van der Waals surface area contributed by atoms with Crippen molar-refractivity contribution in [1.82, 2.24) is 14.8 Å². The van der Waals surface area contributed by atoms with Crippen LogP contribution in [0.3, 0.4) is 0 Å². The van der Waals surface area contributed by atoms with Crippen LogP contribution in [-0.4, -0.2) is 64.1 Å². The predicted octanol–water partition coefficient (Wildman–Crippen LogP) is 2.42. The predicted molar refractivity (Wildman–Crippen MR) is 95.4 cm³/mol. The molecule has 0 atom stereocenters. The van der Waals surface area contributed by atoms with Crippen LogP contribution in [-0.2, 0) is 0 Å². The minimum atomic E-state index is -0.720. The molecule has 6 heteroatoms. The number of pyridine rings is 1. The van der Waals surface area contributed by atoms with Crippen LogP contribution in [0.2, 0.25) is 5.02 Å². The van der Waals surface area contributed by atoms with Gasteiger partial charge in [0.05, 0.1) is 21.7 Å². The third kappa shape index (κ3) is 3.69. The summed E-state index contributed by atoms with van der Waals surface area (Å²) < 4.78 is 0. The van der Waals surface area contributed by atoms with E-state index in [2.05, 4.69) is 9.88 Å². The maximum absolute atomic E-state index is 12.9. The zero-order valence-electron chi connectivity index (χ0n) is 14.0. The Balaban J connectivity index is 1.76. The lowest BCUT2D eigenvalue weighted by Gasteiger charge is -2.37. The number of fused-ring (bicyclic) bond motifs is 1. The van der Waals surface area contributed by atoms with Crippen molar-refractivity contribution in [3.05, 3.63) is 41.0 Å². The van der Waals surface area contributed by atoms with Crippen LogP contribution >= 0.6 is 11.6 Å². The molecule has 2 heterocycles. The molecule has 1 N–H and O–H groups in total. The molecular weight excluding hydrogens is 326 g/mol. The molecule has 128 valence electrons. The third-order valence-electron chi connectivity index (χ3n) is 4.22. The Hall–Kier alpha value is -1.69. The second kappa shape index (κ2) is 6.67. The molecule has 3 rings (SSSR count). The number of rotatable bonds is 3. The number of β-amino-alcohol motifs (C(OH)–C–C–N with tert-alkyl or cyclic N) is 1. The van der Waals surface area contributed by atoms with Gasteiger partial charge >= 0.3 is 0 Å². The van der Waals surface area contributed by atoms with Gasteiger partial charge in [-0.1, -0.05) is 11.6 Å². The van der Waals surface area contributed by atoms with Crippen LogP contribution in [0, 0.1) is 0 Å². The second-order valence-electron chi connectivity index (χ2n) is 6.88. The van der Waals surface area contributed by atoms with Crippen molar-refractivity contribution < 1.29 is 9.90 Å². The van der Waals surface area contributed by atoms with Crippen molar-refractivity contribution in [3.8, 4) is 0 Å². The molecule has 1 amide bonds. The van der Waals surface area contributed by atoms with E-state index in [1.54, 1.807) is 32.2 Å². The summed E-state index contributed by atoms with van der Waals surface area (Å²) in [5.74, 6) is -0.0155. The van der Waals surface area contributed by atoms with Gasteiger partial charge in [0.15, 0.2) is 0 Å². The van der Waals surface area contributed by atoms with Crippen LogP contribution in [0.4, 0.5) is 0 Å². The van der Waals surface area contributed by atoms with Crippen LogP contribution < -0.4 is 0 Å². The quantitative estimate of drug-likeness (QED) is 0.926. The number of carbonyl (C=O) groups is 1. The molecule has 2 aromatic rings. The summed E-state index contributed by atoms with van der Waals surface area (Å²) >= 11 is 6.20. The first kappa shape index (κ1) is 17.1. The van der Waals surface area contributed by atoms with Crippen molar-refractivity contribution in [2.75, 3.05) is 32.7 Å². The fourth-order valence-corrected chi connectivity index (χ4v) is 3.35. The first-order chi connectivity index (χ1) is 11.3. The standard InChI is InChI=1S/C18H22ClN3O2/c1-18(2,24)12-21-8-10-22(11-9-21)17(23)14-5-6-15(19)13-4-3-7-20-16(13)14/h3-7,24H,8-12H2,1-2H3. The monoisotopic (exact) mass is 347 g/mol. The van der Waals surface area contributed by atoms with Gasteiger partial charge in [-0.05, 0) is 38.1 Å². The number of aromatic nitrogens is 1. The van der Waals surface area contributed by atoms with E-state index < -0.39 is 5.60 Å². The van der Waals surface area contributed by atoms with Crippen molar-refractivity contribution in [3.63, 3.8) is 0 Å². The lowest BCUT2D eigenvalue weighted by molar-refractivity contribution is 0.0179. The number of carbonyl (C=O) groups excluding carboxylic acids is 1. The number of halogens is 1. The smallest absolute Gasteiger partial charge is 0.256 e. The second-order valence-corrected chi connectivity index (χ2v) is 7.28. The van der Waals surface area contributed by atoms with E-state index in [9.17, 15) is 9.90 Å². The summed E-state index contributed by atoms with van der Waals surface area (Å²) in [6, 6.07) is 7.20. The van der Waals surface area contributed by atoms with E-state index in [1.807, 2.05) is 17.0 Å². The van der Waals surface area contributed by atoms with E-state index in [1.165, 1.54) is 0 Å². The minimum Gasteiger partial charge on any atom is -0.389 e. The number of hydrogen-bond donors (Lipinski definition) is 1. The summed E-state index contributed by atoms with van der Waals surface area (Å²) in [5, 5.41) is 11.3. The molecule has 0 radical (unpaired) electrons. The zero-order chi connectivity index (χ0) is 17.3. The molecule has 1 aliphatic rings. The summed E-state index contributed by atoms with van der Waals surface area (Å²) in [7, 11) is 0. The highest BCUT2D eigenvalue weighted by atomic mass is 35.5. The van der Waals surface area contributed by atoms with Crippen molar-refractivity contribution >= 4 is 28.4 Å². The minimum absolute atomic E-state index is 0.0155. The van der Waals surface area contributed by atoms with E-state index >= 15 is 0 Å². The molecule has 1 fully saturated rings. The van der Waals surface area contributed by atoms with Crippen LogP contribution in [0.15, 0.2) is 30.5 Å². The molecule has 1 aliphatic heterocycles. The number of amides is 1. The van der Waals surface area contributed by atoms with E-state index in [-0.39, 0.29) is 5.91 Å². The molecule has 0 unspecified atom stereocenters. The molecule has 5 nitrogen and oxygen atoms in total. The molecular formula is C18H22ClN3O2. The van der Waals surface area contributed by atoms with Crippen LogP contribution in [0.1, 0.15) is 24.2 Å². The highest BCUT2D eigenvalue weighted by Crippen LogP contribution is 2.26. The van der Waals surface area contributed by atoms with Crippen molar-refractivity contribution in [2.24, 2.45) is 0 Å². The highest BCUT2D eigenvalue weighted by molar-refractivity contribution is 6.36. The first-order valence-electron chi connectivity index (χ1n) is 8.12. The Morgan fingerprint density at radius 1 is 1.25 bits per heavy atom. The average molecular weight is 348 g/mol. The Labute approximate surface area is 146 Å². The summed E-state index contributed by atoms with van der Waals surface area (Å²) in [4.78, 5) is 21.3. The van der Waals surface area contributed by atoms with Gasteiger partial charge in [0.25, 0.3) is 5.91 Å². The number of hydrogen-bond acceptors (Lipinski definition) is 4. The molecule has 0 aliphatic carbocycles. The Morgan fingerprint density at radius 3 is 2.62 bits per heavy atom. The average Bonchev–Trinajstić information content (AvgIpc) is 2.54. The lowest BCUT2D eigenvalue weighted by atomic mass is 10.1. The maximum atomic E-state index is 12.9. The first-order valence-corrected chi connectivity index (χ1v) is 8.50. The molecule has 0 spiro atoms. The van der Waals surface area contributed by atoms with Gasteiger partial charge in [-0.3, -0.25) is 14.7 Å². The van der Waals surface area contributed by atoms with Gasteiger partial charge < -0.3 is 10.0 Å².